The maximum absolute atomic E-state index is 12.3. The van der Waals surface area contributed by atoms with E-state index in [0.717, 1.165) is 0 Å². The molecule has 1 aromatic heterocycles. The number of para-hydroxylation sites is 1. The Hall–Kier alpha value is -1.99. The van der Waals surface area contributed by atoms with Gasteiger partial charge in [0.1, 0.15) is 0 Å². The molecule has 6 nitrogen and oxygen atoms in total. The van der Waals surface area contributed by atoms with Gasteiger partial charge in [-0.1, -0.05) is 12.1 Å². The number of benzene rings is 1. The zero-order valence-electron chi connectivity index (χ0n) is 11.6. The second-order valence-electron chi connectivity index (χ2n) is 4.84. The molecule has 21 heavy (non-hydrogen) atoms. The molecular weight excluding hydrogens is 290 g/mol. The number of hydrogen-bond acceptors (Lipinski definition) is 4. The average Bonchev–Trinajstić information content (AvgIpc) is 2.45. The van der Waals surface area contributed by atoms with Crippen molar-refractivity contribution in [1.82, 2.24) is 14.9 Å². The molecule has 0 spiro atoms. The number of aromatic amines is 1. The van der Waals surface area contributed by atoms with E-state index in [0.29, 0.717) is 15.7 Å². The highest BCUT2D eigenvalue weighted by molar-refractivity contribution is 7.71. The zero-order valence-corrected chi connectivity index (χ0v) is 12.4. The number of hydrogen-bond donors (Lipinski definition) is 3. The van der Waals surface area contributed by atoms with Gasteiger partial charge in [-0.05, 0) is 31.3 Å². The summed E-state index contributed by atoms with van der Waals surface area (Å²) in [6.07, 6.45) is -0.470. The van der Waals surface area contributed by atoms with Gasteiger partial charge in [-0.25, -0.2) is 0 Å². The molecule has 2 aromatic rings. The lowest BCUT2D eigenvalue weighted by Gasteiger charge is -2.09. The van der Waals surface area contributed by atoms with Crippen molar-refractivity contribution in [2.75, 3.05) is 6.54 Å². The maximum atomic E-state index is 12.3. The van der Waals surface area contributed by atoms with Gasteiger partial charge in [0, 0.05) is 19.5 Å². The van der Waals surface area contributed by atoms with Crippen LogP contribution in [0.5, 0.6) is 0 Å². The van der Waals surface area contributed by atoms with Crippen molar-refractivity contribution in [3.63, 3.8) is 0 Å². The molecule has 0 saturated carbocycles. The fourth-order valence-electron chi connectivity index (χ4n) is 1.97. The van der Waals surface area contributed by atoms with Crippen LogP contribution in [0.3, 0.4) is 0 Å². The standard InChI is InChI=1S/C14H17N3O3S/c1-9(18)8-15-12(19)6-7-17-13(20)10-4-2-3-5-11(10)16-14(17)21/h2-5,9,18H,6-8H2,1H3,(H,15,19)(H,16,21)/t9-/m1/s1. The van der Waals surface area contributed by atoms with Crippen LogP contribution in [0, 0.1) is 4.77 Å². The van der Waals surface area contributed by atoms with Gasteiger partial charge in [0.15, 0.2) is 4.77 Å². The topological polar surface area (TPSA) is 87.1 Å². The van der Waals surface area contributed by atoms with Crippen LogP contribution < -0.4 is 10.9 Å². The van der Waals surface area contributed by atoms with Crippen LogP contribution in [-0.4, -0.2) is 33.2 Å². The van der Waals surface area contributed by atoms with Crippen LogP contribution in [0.1, 0.15) is 13.3 Å². The largest absolute Gasteiger partial charge is 0.392 e. The van der Waals surface area contributed by atoms with Gasteiger partial charge in [-0.2, -0.15) is 0 Å². The normalized spacial score (nSPS) is 12.3. The molecule has 0 bridgehead atoms. The number of aromatic nitrogens is 2. The van der Waals surface area contributed by atoms with E-state index < -0.39 is 6.10 Å². The molecule has 0 aliphatic heterocycles. The van der Waals surface area contributed by atoms with Crippen molar-refractivity contribution >= 4 is 29.0 Å². The molecule has 0 saturated heterocycles. The minimum Gasteiger partial charge on any atom is -0.392 e. The third kappa shape index (κ3) is 3.77. The van der Waals surface area contributed by atoms with Crippen LogP contribution in [0.4, 0.5) is 0 Å². The molecule has 1 amide bonds. The third-order valence-corrected chi connectivity index (χ3v) is 3.37. The van der Waals surface area contributed by atoms with Gasteiger partial charge in [0.05, 0.1) is 17.0 Å². The predicted molar refractivity (Wildman–Crippen MR) is 82.7 cm³/mol. The first-order chi connectivity index (χ1) is 9.99. The van der Waals surface area contributed by atoms with E-state index in [2.05, 4.69) is 10.3 Å². The Kier molecular flexibility index (Phi) is 4.87. The molecule has 1 atom stereocenters. The number of amides is 1. The number of carbonyl (C=O) groups excluding carboxylic acids is 1. The Balaban J connectivity index is 2.18. The molecule has 0 unspecified atom stereocenters. The maximum Gasteiger partial charge on any atom is 0.262 e. The predicted octanol–water partition coefficient (Wildman–Crippen LogP) is 0.946. The highest BCUT2D eigenvalue weighted by Crippen LogP contribution is 2.06. The van der Waals surface area contributed by atoms with Crippen molar-refractivity contribution in [2.24, 2.45) is 0 Å². The summed E-state index contributed by atoms with van der Waals surface area (Å²) in [5, 5.41) is 12.2. The lowest BCUT2D eigenvalue weighted by atomic mass is 10.2. The third-order valence-electron chi connectivity index (χ3n) is 3.05. The van der Waals surface area contributed by atoms with Crippen molar-refractivity contribution in [3.05, 3.63) is 39.4 Å². The Bertz CT molecular complexity index is 764. The molecule has 2 rings (SSSR count). The van der Waals surface area contributed by atoms with Gasteiger partial charge < -0.3 is 15.4 Å². The van der Waals surface area contributed by atoms with E-state index in [1.807, 2.05) is 6.07 Å². The number of fused-ring (bicyclic) bond motifs is 1. The summed E-state index contributed by atoms with van der Waals surface area (Å²) in [4.78, 5) is 26.9. The van der Waals surface area contributed by atoms with E-state index in [1.165, 1.54) is 4.57 Å². The first-order valence-electron chi connectivity index (χ1n) is 6.65. The molecular formula is C14H17N3O3S. The average molecular weight is 307 g/mol. The van der Waals surface area contributed by atoms with Crippen LogP contribution in [-0.2, 0) is 11.3 Å². The minimum atomic E-state index is -0.597. The highest BCUT2D eigenvalue weighted by atomic mass is 32.1. The van der Waals surface area contributed by atoms with Gasteiger partial charge in [-0.3, -0.25) is 14.2 Å². The van der Waals surface area contributed by atoms with Crippen molar-refractivity contribution in [1.29, 1.82) is 0 Å². The Morgan fingerprint density at radius 3 is 2.90 bits per heavy atom. The van der Waals surface area contributed by atoms with E-state index in [9.17, 15) is 9.59 Å². The van der Waals surface area contributed by atoms with Crippen LogP contribution in [0.15, 0.2) is 29.1 Å². The van der Waals surface area contributed by atoms with E-state index in [4.69, 9.17) is 17.3 Å². The lowest BCUT2D eigenvalue weighted by molar-refractivity contribution is -0.121. The van der Waals surface area contributed by atoms with Crippen LogP contribution in [0.2, 0.25) is 0 Å². The molecule has 0 aliphatic carbocycles. The summed E-state index contributed by atoms with van der Waals surface area (Å²) in [6, 6.07) is 7.10. The Labute approximate surface area is 126 Å². The Morgan fingerprint density at radius 2 is 2.19 bits per heavy atom. The summed E-state index contributed by atoms with van der Waals surface area (Å²) in [5.74, 6) is -0.231. The molecule has 3 N–H and O–H groups in total. The number of rotatable bonds is 5. The van der Waals surface area contributed by atoms with Gasteiger partial charge in [0.25, 0.3) is 5.56 Å². The second kappa shape index (κ2) is 6.64. The number of nitrogens with one attached hydrogen (secondary N) is 2. The Morgan fingerprint density at radius 1 is 1.48 bits per heavy atom. The molecule has 0 aliphatic rings. The first kappa shape index (κ1) is 15.4. The zero-order chi connectivity index (χ0) is 15.4. The van der Waals surface area contributed by atoms with Gasteiger partial charge >= 0.3 is 0 Å². The fourth-order valence-corrected chi connectivity index (χ4v) is 2.25. The van der Waals surface area contributed by atoms with Crippen LogP contribution in [0.25, 0.3) is 10.9 Å². The summed E-state index contributed by atoms with van der Waals surface area (Å²) >= 11 is 5.16. The monoisotopic (exact) mass is 307 g/mol. The summed E-state index contributed by atoms with van der Waals surface area (Å²) in [5.41, 5.74) is 0.472. The molecule has 1 aromatic carbocycles. The van der Waals surface area contributed by atoms with Crippen molar-refractivity contribution in [3.8, 4) is 0 Å². The van der Waals surface area contributed by atoms with Crippen molar-refractivity contribution < 1.29 is 9.90 Å². The van der Waals surface area contributed by atoms with Crippen molar-refractivity contribution in [2.45, 2.75) is 26.0 Å². The summed E-state index contributed by atoms with van der Waals surface area (Å²) in [6.45, 7) is 1.98. The number of aliphatic hydroxyl groups excluding tert-OH is 1. The molecule has 7 heteroatoms. The minimum absolute atomic E-state index is 0.127. The number of nitrogens with zero attached hydrogens (tertiary/aromatic N) is 1. The smallest absolute Gasteiger partial charge is 0.262 e. The molecule has 0 fully saturated rings. The van der Waals surface area contributed by atoms with Crippen LogP contribution >= 0.6 is 12.2 Å². The summed E-state index contributed by atoms with van der Waals surface area (Å²) in [7, 11) is 0. The fraction of sp³-hybridized carbons (Fsp3) is 0.357. The highest BCUT2D eigenvalue weighted by Gasteiger charge is 2.08. The second-order valence-corrected chi connectivity index (χ2v) is 5.22. The van der Waals surface area contributed by atoms with E-state index in [1.54, 1.807) is 25.1 Å². The summed E-state index contributed by atoms with van der Waals surface area (Å²) < 4.78 is 1.67. The molecule has 112 valence electrons. The number of aliphatic hydroxyl groups is 1. The quantitative estimate of drug-likeness (QED) is 0.718. The van der Waals surface area contributed by atoms with Gasteiger partial charge in [-0.15, -0.1) is 0 Å². The molecule has 0 radical (unpaired) electrons. The molecule has 1 heterocycles. The van der Waals surface area contributed by atoms with E-state index >= 15 is 0 Å². The van der Waals surface area contributed by atoms with E-state index in [-0.39, 0.29) is 31.0 Å². The number of carbonyl (C=O) groups is 1. The SMILES string of the molecule is C[C@@H](O)CNC(=O)CCn1c(=S)[nH]c2ccccc2c1=O. The lowest BCUT2D eigenvalue weighted by Crippen LogP contribution is -2.32. The van der Waals surface area contributed by atoms with Gasteiger partial charge in [0.2, 0.25) is 5.91 Å². The first-order valence-corrected chi connectivity index (χ1v) is 7.06. The number of H-pyrrole nitrogens is 1.